The molecule has 4 aromatic carbocycles. The minimum atomic E-state index is 0.411. The number of azo groups is 2. The first-order valence-electron chi connectivity index (χ1n) is 15.1. The molecule has 8 heteroatoms. The van der Waals surface area contributed by atoms with Gasteiger partial charge in [-0.2, -0.15) is 20.5 Å². The van der Waals surface area contributed by atoms with Crippen molar-refractivity contribution in [3.05, 3.63) is 169 Å². The Morgan fingerprint density at radius 1 is 0.370 bits per heavy atom. The lowest BCUT2D eigenvalue weighted by Crippen LogP contribution is -2.32. The van der Waals surface area contributed by atoms with Crippen LogP contribution in [-0.4, -0.2) is 13.2 Å². The van der Waals surface area contributed by atoms with Crippen LogP contribution in [0.25, 0.3) is 0 Å². The predicted molar refractivity (Wildman–Crippen MR) is 177 cm³/mol. The first-order valence-corrected chi connectivity index (χ1v) is 15.1. The summed E-state index contributed by atoms with van der Waals surface area (Å²) in [6.45, 7) is 2.45. The van der Waals surface area contributed by atoms with Crippen LogP contribution in [0, 0.1) is 0 Å². The lowest BCUT2D eigenvalue weighted by atomic mass is 10.2. The Bertz CT molecular complexity index is 1700. The lowest BCUT2D eigenvalue weighted by molar-refractivity contribution is -0.688. The Morgan fingerprint density at radius 3 is 1.00 bits per heavy atom. The van der Waals surface area contributed by atoms with E-state index in [9.17, 15) is 0 Å². The van der Waals surface area contributed by atoms with Gasteiger partial charge in [0.15, 0.2) is 37.9 Å². The summed E-state index contributed by atoms with van der Waals surface area (Å²) in [7, 11) is 0. The van der Waals surface area contributed by atoms with Crippen molar-refractivity contribution in [2.75, 3.05) is 13.2 Å². The second-order valence-electron chi connectivity index (χ2n) is 10.5. The number of hydrogen-bond acceptors (Lipinski definition) is 6. The van der Waals surface area contributed by atoms with Gasteiger partial charge in [0.05, 0.1) is 22.7 Å². The quantitative estimate of drug-likeness (QED) is 0.0750. The molecule has 2 heterocycles. The molecular formula is C38H34N6O2+2. The van der Waals surface area contributed by atoms with Crippen LogP contribution >= 0.6 is 0 Å². The average Bonchev–Trinajstić information content (AvgIpc) is 3.11. The molecule has 0 aliphatic rings. The maximum atomic E-state index is 5.83. The van der Waals surface area contributed by atoms with Crippen molar-refractivity contribution in [2.45, 2.75) is 13.1 Å². The van der Waals surface area contributed by atoms with Crippen molar-refractivity contribution in [2.24, 2.45) is 20.5 Å². The van der Waals surface area contributed by atoms with E-state index in [1.54, 1.807) is 0 Å². The van der Waals surface area contributed by atoms with Crippen LogP contribution < -0.4 is 18.6 Å². The van der Waals surface area contributed by atoms with Crippen molar-refractivity contribution in [3.63, 3.8) is 0 Å². The number of aromatic nitrogens is 2. The van der Waals surface area contributed by atoms with Crippen molar-refractivity contribution < 1.29 is 18.6 Å². The zero-order valence-corrected chi connectivity index (χ0v) is 25.3. The van der Waals surface area contributed by atoms with E-state index in [2.05, 4.69) is 78.6 Å². The molecule has 6 aromatic rings. The predicted octanol–water partition coefficient (Wildman–Crippen LogP) is 8.65. The molecule has 0 bridgehead atoms. The molecular weight excluding hydrogens is 572 g/mol. The summed E-state index contributed by atoms with van der Waals surface area (Å²) in [5, 5.41) is 17.4. The molecule has 226 valence electrons. The Kier molecular flexibility index (Phi) is 10.2. The van der Waals surface area contributed by atoms with Crippen molar-refractivity contribution in [3.8, 4) is 11.5 Å². The smallest absolute Gasteiger partial charge is 0.173 e. The van der Waals surface area contributed by atoms with E-state index in [1.807, 2.05) is 109 Å². The molecule has 6 rings (SSSR count). The minimum Gasteiger partial charge on any atom is -0.490 e. The normalized spacial score (nSPS) is 11.2. The molecule has 0 unspecified atom stereocenters. The number of pyridine rings is 2. The van der Waals surface area contributed by atoms with E-state index in [1.165, 1.54) is 11.1 Å². The van der Waals surface area contributed by atoms with E-state index in [-0.39, 0.29) is 0 Å². The number of hydrogen-bond donors (Lipinski definition) is 0. The van der Waals surface area contributed by atoms with Gasteiger partial charge in [-0.1, -0.05) is 36.4 Å². The fourth-order valence-electron chi connectivity index (χ4n) is 4.61. The highest BCUT2D eigenvalue weighted by Crippen LogP contribution is 2.23. The van der Waals surface area contributed by atoms with Crippen LogP contribution in [0.15, 0.2) is 179 Å². The van der Waals surface area contributed by atoms with Gasteiger partial charge in [0.2, 0.25) is 0 Å². The third kappa shape index (κ3) is 9.24. The van der Waals surface area contributed by atoms with Gasteiger partial charge in [0.25, 0.3) is 0 Å². The van der Waals surface area contributed by atoms with Gasteiger partial charge in [-0.05, 0) is 72.8 Å². The SMILES string of the molecule is c1cc[n+](Cc2ccc(N=Nc3ccc(OCCOc4ccc(N=Nc5ccc(C[n+]6ccccc6)cc5)cc4)cc3)cc2)cc1. The average molecular weight is 607 g/mol. The zero-order chi connectivity index (χ0) is 31.2. The van der Waals surface area contributed by atoms with Crippen molar-refractivity contribution >= 4 is 22.7 Å². The second kappa shape index (κ2) is 15.6. The topological polar surface area (TPSA) is 75.7 Å². The summed E-state index contributed by atoms with van der Waals surface area (Å²) in [5.41, 5.74) is 5.53. The van der Waals surface area contributed by atoms with Gasteiger partial charge in [0.1, 0.15) is 24.7 Å². The molecule has 0 aliphatic heterocycles. The highest BCUT2D eigenvalue weighted by Gasteiger charge is 2.03. The van der Waals surface area contributed by atoms with E-state index >= 15 is 0 Å². The first-order chi connectivity index (χ1) is 22.7. The molecule has 0 fully saturated rings. The minimum absolute atomic E-state index is 0.411. The molecule has 0 radical (unpaired) electrons. The maximum Gasteiger partial charge on any atom is 0.173 e. The molecule has 0 amide bonds. The molecule has 0 N–H and O–H groups in total. The summed E-state index contributed by atoms with van der Waals surface area (Å²) in [4.78, 5) is 0. The molecule has 0 saturated carbocycles. The molecule has 0 spiro atoms. The summed E-state index contributed by atoms with van der Waals surface area (Å²) in [5.74, 6) is 1.49. The van der Waals surface area contributed by atoms with Gasteiger partial charge in [-0.25, -0.2) is 9.13 Å². The Morgan fingerprint density at radius 2 is 0.674 bits per heavy atom. The maximum absolute atomic E-state index is 5.83. The largest absolute Gasteiger partial charge is 0.490 e. The van der Waals surface area contributed by atoms with Crippen LogP contribution in [0.2, 0.25) is 0 Å². The summed E-state index contributed by atoms with van der Waals surface area (Å²) in [6, 6.07) is 43.3. The van der Waals surface area contributed by atoms with Crippen LogP contribution in [0.5, 0.6) is 11.5 Å². The van der Waals surface area contributed by atoms with Crippen LogP contribution in [-0.2, 0) is 13.1 Å². The number of nitrogens with zero attached hydrogens (tertiary/aromatic N) is 6. The Hall–Kier alpha value is -6.02. The Labute approximate surface area is 268 Å². The van der Waals surface area contributed by atoms with Crippen molar-refractivity contribution in [1.29, 1.82) is 0 Å². The second-order valence-corrected chi connectivity index (χ2v) is 10.5. The van der Waals surface area contributed by atoms with Crippen molar-refractivity contribution in [1.82, 2.24) is 0 Å². The third-order valence-corrected chi connectivity index (χ3v) is 7.01. The first kappa shape index (κ1) is 30.0. The van der Waals surface area contributed by atoms with Crippen LogP contribution in [0.4, 0.5) is 22.7 Å². The molecule has 46 heavy (non-hydrogen) atoms. The molecule has 0 aliphatic carbocycles. The molecule has 8 nitrogen and oxygen atoms in total. The Balaban J connectivity index is 0.903. The number of ether oxygens (including phenoxy) is 2. The standard InChI is InChI=1S/C38H34N6O2/c1-3-23-43(24-4-1)29-31-7-11-33(12-8-31)39-41-35-15-19-37(20-16-35)45-27-28-46-38-21-17-36(18-22-38)42-40-34-13-9-32(10-14-34)30-44-25-5-2-6-26-44/h1-26H,27-30H2/q+2. The molecule has 0 atom stereocenters. The van der Waals surface area contributed by atoms with Crippen LogP contribution in [0.1, 0.15) is 11.1 Å². The third-order valence-electron chi connectivity index (χ3n) is 7.01. The van der Waals surface area contributed by atoms with E-state index < -0.39 is 0 Å². The highest BCUT2D eigenvalue weighted by atomic mass is 16.5. The van der Waals surface area contributed by atoms with Gasteiger partial charge < -0.3 is 9.47 Å². The number of benzene rings is 4. The monoisotopic (exact) mass is 606 g/mol. The number of rotatable bonds is 13. The lowest BCUT2D eigenvalue weighted by Gasteiger charge is -2.08. The van der Waals surface area contributed by atoms with E-state index in [0.717, 1.165) is 47.3 Å². The van der Waals surface area contributed by atoms with Gasteiger partial charge >= 0.3 is 0 Å². The van der Waals surface area contributed by atoms with Crippen LogP contribution in [0.3, 0.4) is 0 Å². The fraction of sp³-hybridized carbons (Fsp3) is 0.105. The summed E-state index contributed by atoms with van der Waals surface area (Å²) >= 11 is 0. The van der Waals surface area contributed by atoms with E-state index in [4.69, 9.17) is 9.47 Å². The van der Waals surface area contributed by atoms with Gasteiger partial charge in [-0.15, -0.1) is 0 Å². The molecule has 0 saturated heterocycles. The summed E-state index contributed by atoms with van der Waals surface area (Å²) < 4.78 is 15.9. The zero-order valence-electron chi connectivity index (χ0n) is 25.3. The highest BCUT2D eigenvalue weighted by molar-refractivity contribution is 5.44. The van der Waals surface area contributed by atoms with Gasteiger partial charge in [0, 0.05) is 35.4 Å². The van der Waals surface area contributed by atoms with E-state index in [0.29, 0.717) is 13.2 Å². The fourth-order valence-corrected chi connectivity index (χ4v) is 4.61. The summed E-state index contributed by atoms with van der Waals surface area (Å²) in [6.07, 6.45) is 8.21. The molecule has 2 aromatic heterocycles. The van der Waals surface area contributed by atoms with Gasteiger partial charge in [-0.3, -0.25) is 0 Å².